The van der Waals surface area contributed by atoms with Crippen LogP contribution >= 0.6 is 22.9 Å². The van der Waals surface area contributed by atoms with Gasteiger partial charge in [-0.1, -0.05) is 60.5 Å². The first-order valence-electron chi connectivity index (χ1n) is 12.7. The second kappa shape index (κ2) is 11.5. The topological polar surface area (TPSA) is 89.0 Å². The number of rotatable bonds is 9. The van der Waals surface area contributed by atoms with E-state index in [4.69, 9.17) is 21.1 Å². The van der Waals surface area contributed by atoms with Gasteiger partial charge in [0.2, 0.25) is 0 Å². The summed E-state index contributed by atoms with van der Waals surface area (Å²) in [5, 5.41) is 12.3. The number of carbonyl (C=O) groups is 2. The van der Waals surface area contributed by atoms with Crippen LogP contribution < -0.4 is 14.4 Å². The number of unbranched alkanes of at least 4 members (excludes halogenated alkanes) is 1. The Morgan fingerprint density at radius 2 is 1.82 bits per heavy atom. The minimum absolute atomic E-state index is 0.0226. The molecule has 1 aliphatic heterocycles. The van der Waals surface area contributed by atoms with E-state index in [0.717, 1.165) is 17.5 Å². The van der Waals surface area contributed by atoms with E-state index in [0.29, 0.717) is 51.5 Å². The number of thiazole rings is 1. The SMILES string of the molecule is CCCCOc1ccc(C2/C(=C(\O)c3cccc(OCC)c3)C(=O)C(=O)N2c2nc3ccc(Cl)cc3s2)cc1. The minimum Gasteiger partial charge on any atom is -0.507 e. The molecule has 39 heavy (non-hydrogen) atoms. The summed E-state index contributed by atoms with van der Waals surface area (Å²) in [5.74, 6) is -0.613. The number of aliphatic hydroxyl groups excluding tert-OH is 1. The van der Waals surface area contributed by atoms with Gasteiger partial charge in [0.15, 0.2) is 5.13 Å². The highest BCUT2D eigenvalue weighted by atomic mass is 35.5. The number of hydrogen-bond acceptors (Lipinski definition) is 7. The Morgan fingerprint density at radius 1 is 1.03 bits per heavy atom. The zero-order valence-electron chi connectivity index (χ0n) is 21.5. The number of amides is 1. The van der Waals surface area contributed by atoms with Gasteiger partial charge in [0.25, 0.3) is 5.78 Å². The van der Waals surface area contributed by atoms with Crippen molar-refractivity contribution in [2.45, 2.75) is 32.7 Å². The average Bonchev–Trinajstić information content (AvgIpc) is 3.46. The van der Waals surface area contributed by atoms with Crippen LogP contribution in [-0.4, -0.2) is 35.0 Å². The first kappa shape index (κ1) is 26.7. The fourth-order valence-corrected chi connectivity index (χ4v) is 5.74. The predicted molar refractivity (Wildman–Crippen MR) is 154 cm³/mol. The third-order valence-electron chi connectivity index (χ3n) is 6.37. The molecule has 200 valence electrons. The standard InChI is InChI=1S/C30H27ClN2O5S/c1-3-5-15-38-21-12-9-18(10-13-21)26-25(27(34)19-7-6-8-22(16-19)37-4-2)28(35)29(36)33(26)30-32-23-14-11-20(31)17-24(23)39-30/h6-14,16-17,26,34H,3-5,15H2,1-2H3/b27-25+. The van der Waals surface area contributed by atoms with Gasteiger partial charge in [-0.15, -0.1) is 0 Å². The molecule has 1 N–H and O–H groups in total. The van der Waals surface area contributed by atoms with Crippen LogP contribution in [0.15, 0.2) is 72.3 Å². The number of anilines is 1. The lowest BCUT2D eigenvalue weighted by atomic mass is 9.95. The van der Waals surface area contributed by atoms with Gasteiger partial charge in [-0.3, -0.25) is 14.5 Å². The largest absolute Gasteiger partial charge is 0.507 e. The second-order valence-electron chi connectivity index (χ2n) is 9.01. The molecule has 1 fully saturated rings. The molecule has 9 heteroatoms. The Morgan fingerprint density at radius 3 is 2.56 bits per heavy atom. The van der Waals surface area contributed by atoms with Gasteiger partial charge in [0.1, 0.15) is 17.3 Å². The molecule has 1 atom stereocenters. The first-order chi connectivity index (χ1) is 18.9. The van der Waals surface area contributed by atoms with Crippen molar-refractivity contribution in [1.82, 2.24) is 4.98 Å². The Hall–Kier alpha value is -3.88. The lowest BCUT2D eigenvalue weighted by molar-refractivity contribution is -0.132. The molecule has 0 aliphatic carbocycles. The zero-order valence-corrected chi connectivity index (χ0v) is 23.1. The van der Waals surface area contributed by atoms with E-state index in [1.165, 1.54) is 16.2 Å². The molecular weight excluding hydrogens is 536 g/mol. The fourth-order valence-electron chi connectivity index (χ4n) is 4.47. The van der Waals surface area contributed by atoms with Crippen molar-refractivity contribution in [3.63, 3.8) is 0 Å². The fraction of sp³-hybridized carbons (Fsp3) is 0.233. The van der Waals surface area contributed by atoms with Crippen LogP contribution in [0.4, 0.5) is 5.13 Å². The summed E-state index contributed by atoms with van der Waals surface area (Å²) in [4.78, 5) is 33.0. The second-order valence-corrected chi connectivity index (χ2v) is 10.5. The summed E-state index contributed by atoms with van der Waals surface area (Å²) in [6.45, 7) is 5.00. The van der Waals surface area contributed by atoms with Gasteiger partial charge >= 0.3 is 5.91 Å². The number of carbonyl (C=O) groups excluding carboxylic acids is 2. The van der Waals surface area contributed by atoms with E-state index in [9.17, 15) is 14.7 Å². The number of fused-ring (bicyclic) bond motifs is 1. The molecule has 0 saturated carbocycles. The molecule has 4 aromatic rings. The van der Waals surface area contributed by atoms with Crippen molar-refractivity contribution >= 4 is 55.7 Å². The van der Waals surface area contributed by atoms with Gasteiger partial charge in [-0.05, 0) is 61.4 Å². The Balaban J connectivity index is 1.64. The maximum Gasteiger partial charge on any atom is 0.301 e. The number of halogens is 1. The van der Waals surface area contributed by atoms with Crippen molar-refractivity contribution in [3.05, 3.63) is 88.5 Å². The zero-order chi connectivity index (χ0) is 27.5. The van der Waals surface area contributed by atoms with E-state index in [-0.39, 0.29) is 11.3 Å². The van der Waals surface area contributed by atoms with E-state index in [1.807, 2.05) is 6.92 Å². The molecule has 5 rings (SSSR count). The van der Waals surface area contributed by atoms with Crippen LogP contribution in [0.25, 0.3) is 16.0 Å². The summed E-state index contributed by atoms with van der Waals surface area (Å²) in [6.07, 6.45) is 1.95. The smallest absolute Gasteiger partial charge is 0.301 e. The summed E-state index contributed by atoms with van der Waals surface area (Å²) < 4.78 is 12.2. The van der Waals surface area contributed by atoms with Crippen LogP contribution in [0.1, 0.15) is 43.9 Å². The number of nitrogens with zero attached hydrogens (tertiary/aromatic N) is 2. The summed E-state index contributed by atoms with van der Waals surface area (Å²) in [6, 6.07) is 18.4. The van der Waals surface area contributed by atoms with Crippen LogP contribution in [0, 0.1) is 0 Å². The number of ketones is 1. The van der Waals surface area contributed by atoms with Gasteiger partial charge in [-0.25, -0.2) is 4.98 Å². The van der Waals surface area contributed by atoms with Crippen LogP contribution in [0.3, 0.4) is 0 Å². The van der Waals surface area contributed by atoms with Crippen molar-refractivity contribution < 1.29 is 24.2 Å². The average molecular weight is 563 g/mol. The number of hydrogen-bond donors (Lipinski definition) is 1. The first-order valence-corrected chi connectivity index (χ1v) is 13.9. The summed E-state index contributed by atoms with van der Waals surface area (Å²) >= 11 is 7.43. The van der Waals surface area contributed by atoms with Gasteiger partial charge in [-0.2, -0.15) is 0 Å². The molecule has 1 unspecified atom stereocenters. The Bertz CT molecular complexity index is 1560. The quantitative estimate of drug-likeness (QED) is 0.101. The Labute approximate surface area is 235 Å². The summed E-state index contributed by atoms with van der Waals surface area (Å²) in [7, 11) is 0. The van der Waals surface area contributed by atoms with Gasteiger partial charge < -0.3 is 14.6 Å². The molecule has 7 nitrogen and oxygen atoms in total. The molecule has 0 bridgehead atoms. The molecule has 3 aromatic carbocycles. The van der Waals surface area contributed by atoms with E-state index < -0.39 is 17.7 Å². The molecular formula is C30H27ClN2O5S. The summed E-state index contributed by atoms with van der Waals surface area (Å²) in [5.41, 5.74) is 1.64. The highest BCUT2D eigenvalue weighted by Gasteiger charge is 2.48. The molecule has 1 amide bonds. The maximum atomic E-state index is 13.5. The highest BCUT2D eigenvalue weighted by Crippen LogP contribution is 2.45. The maximum absolute atomic E-state index is 13.5. The molecule has 1 aromatic heterocycles. The number of Topliss-reactive ketones (excluding diaryl/α,β-unsaturated/α-hetero) is 1. The van der Waals surface area contributed by atoms with Crippen LogP contribution in [0.2, 0.25) is 5.02 Å². The Kier molecular flexibility index (Phi) is 7.86. The van der Waals surface area contributed by atoms with E-state index >= 15 is 0 Å². The van der Waals surface area contributed by atoms with E-state index in [2.05, 4.69) is 11.9 Å². The lowest BCUT2D eigenvalue weighted by Crippen LogP contribution is -2.29. The minimum atomic E-state index is -0.901. The number of benzene rings is 3. The normalized spacial score (nSPS) is 16.7. The van der Waals surface area contributed by atoms with Crippen molar-refractivity contribution in [3.8, 4) is 11.5 Å². The number of ether oxygens (including phenoxy) is 2. The van der Waals surface area contributed by atoms with Crippen LogP contribution in [-0.2, 0) is 9.59 Å². The number of aliphatic hydroxyl groups is 1. The number of aromatic nitrogens is 1. The highest BCUT2D eigenvalue weighted by molar-refractivity contribution is 7.22. The molecule has 1 aliphatic rings. The predicted octanol–water partition coefficient (Wildman–Crippen LogP) is 7.15. The third-order valence-corrected chi connectivity index (χ3v) is 7.62. The van der Waals surface area contributed by atoms with E-state index in [1.54, 1.807) is 66.7 Å². The molecule has 2 heterocycles. The lowest BCUT2D eigenvalue weighted by Gasteiger charge is -2.23. The van der Waals surface area contributed by atoms with Crippen molar-refractivity contribution in [1.29, 1.82) is 0 Å². The monoisotopic (exact) mass is 562 g/mol. The van der Waals surface area contributed by atoms with Crippen molar-refractivity contribution in [2.24, 2.45) is 0 Å². The van der Waals surface area contributed by atoms with Crippen molar-refractivity contribution in [2.75, 3.05) is 18.1 Å². The van der Waals surface area contributed by atoms with Crippen LogP contribution in [0.5, 0.6) is 11.5 Å². The van der Waals surface area contributed by atoms with Gasteiger partial charge in [0.05, 0.1) is 35.0 Å². The molecule has 1 saturated heterocycles. The molecule has 0 spiro atoms. The van der Waals surface area contributed by atoms with Gasteiger partial charge in [0, 0.05) is 10.6 Å². The molecule has 0 radical (unpaired) electrons. The third kappa shape index (κ3) is 5.35.